The van der Waals surface area contributed by atoms with Crippen molar-refractivity contribution in [3.05, 3.63) is 0 Å². The summed E-state index contributed by atoms with van der Waals surface area (Å²) in [5.74, 6) is 1.08. The Bertz CT molecular complexity index is 208. The fourth-order valence-electron chi connectivity index (χ4n) is 1.58. The summed E-state index contributed by atoms with van der Waals surface area (Å²) in [6.45, 7) is 0.611. The molecule has 0 amide bonds. The highest BCUT2D eigenvalue weighted by atomic mass is 32.2. The van der Waals surface area contributed by atoms with Gasteiger partial charge in [-0.3, -0.25) is 0 Å². The van der Waals surface area contributed by atoms with Crippen LogP contribution in [0.1, 0.15) is 19.3 Å². The molecule has 0 aromatic carbocycles. The Hall–Kier alpha value is -0.0900. The van der Waals surface area contributed by atoms with E-state index in [-0.39, 0.29) is 0 Å². The van der Waals surface area contributed by atoms with Gasteiger partial charge >= 0.3 is 0 Å². The summed E-state index contributed by atoms with van der Waals surface area (Å²) in [6.07, 6.45) is 2.72. The quantitative estimate of drug-likeness (QED) is 0.653. The Morgan fingerprint density at radius 2 is 2.18 bits per heavy atom. The molecule has 2 N–H and O–H groups in total. The van der Waals surface area contributed by atoms with Gasteiger partial charge in [0.2, 0.25) is 0 Å². The monoisotopic (exact) mass is 177 g/mol. The number of nitrogens with two attached hydrogens (primary N) is 1. The van der Waals surface area contributed by atoms with E-state index in [0.29, 0.717) is 24.0 Å². The SMILES string of the molecule is NCCC1CCCS(=O)(=O)C1. The van der Waals surface area contributed by atoms with E-state index in [1.807, 2.05) is 0 Å². The van der Waals surface area contributed by atoms with E-state index in [0.717, 1.165) is 19.3 Å². The van der Waals surface area contributed by atoms with Gasteiger partial charge in [-0.25, -0.2) is 8.42 Å². The normalized spacial score (nSPS) is 30.1. The second-order valence-electron chi connectivity index (χ2n) is 3.20. The first-order valence-electron chi connectivity index (χ1n) is 4.04. The minimum absolute atomic E-state index is 0.332. The lowest BCUT2D eigenvalue weighted by atomic mass is 10.0. The van der Waals surface area contributed by atoms with Gasteiger partial charge in [0.05, 0.1) is 11.5 Å². The van der Waals surface area contributed by atoms with Crippen LogP contribution in [0.25, 0.3) is 0 Å². The van der Waals surface area contributed by atoms with Crippen molar-refractivity contribution < 1.29 is 8.42 Å². The fraction of sp³-hybridized carbons (Fsp3) is 1.00. The maximum absolute atomic E-state index is 11.1. The van der Waals surface area contributed by atoms with Crippen LogP contribution in [-0.4, -0.2) is 26.5 Å². The third-order valence-electron chi connectivity index (χ3n) is 2.13. The first kappa shape index (κ1) is 9.00. The van der Waals surface area contributed by atoms with Gasteiger partial charge in [0, 0.05) is 0 Å². The molecule has 1 aliphatic rings. The van der Waals surface area contributed by atoms with Crippen molar-refractivity contribution in [1.82, 2.24) is 0 Å². The van der Waals surface area contributed by atoms with Gasteiger partial charge in [0.15, 0.2) is 9.84 Å². The van der Waals surface area contributed by atoms with Crippen molar-refractivity contribution in [2.45, 2.75) is 19.3 Å². The molecule has 1 rings (SSSR count). The van der Waals surface area contributed by atoms with Crippen LogP contribution in [0, 0.1) is 5.92 Å². The van der Waals surface area contributed by atoms with E-state index < -0.39 is 9.84 Å². The average molecular weight is 177 g/mol. The van der Waals surface area contributed by atoms with Crippen LogP contribution < -0.4 is 5.73 Å². The zero-order valence-corrected chi connectivity index (χ0v) is 7.44. The average Bonchev–Trinajstić information content (AvgIpc) is 1.85. The first-order valence-corrected chi connectivity index (χ1v) is 5.87. The molecule has 0 aromatic rings. The summed E-state index contributed by atoms with van der Waals surface area (Å²) in [7, 11) is -2.71. The summed E-state index contributed by atoms with van der Waals surface area (Å²) in [5.41, 5.74) is 5.35. The van der Waals surface area contributed by atoms with Gasteiger partial charge in [0.1, 0.15) is 0 Å². The second-order valence-corrected chi connectivity index (χ2v) is 5.43. The van der Waals surface area contributed by atoms with E-state index in [2.05, 4.69) is 0 Å². The minimum Gasteiger partial charge on any atom is -0.330 e. The topological polar surface area (TPSA) is 60.2 Å². The van der Waals surface area contributed by atoms with Gasteiger partial charge in [-0.2, -0.15) is 0 Å². The van der Waals surface area contributed by atoms with Gasteiger partial charge < -0.3 is 5.73 Å². The molecule has 1 atom stereocenters. The van der Waals surface area contributed by atoms with Gasteiger partial charge in [-0.1, -0.05) is 0 Å². The molecule has 0 saturated carbocycles. The fourth-order valence-corrected chi connectivity index (χ4v) is 3.41. The molecule has 11 heavy (non-hydrogen) atoms. The zero-order valence-electron chi connectivity index (χ0n) is 6.62. The van der Waals surface area contributed by atoms with Crippen LogP contribution in [0.15, 0.2) is 0 Å². The van der Waals surface area contributed by atoms with Crippen molar-refractivity contribution in [3.63, 3.8) is 0 Å². The van der Waals surface area contributed by atoms with Gasteiger partial charge in [-0.05, 0) is 31.7 Å². The van der Waals surface area contributed by atoms with Crippen molar-refractivity contribution >= 4 is 9.84 Å². The van der Waals surface area contributed by atoms with Crippen LogP contribution in [-0.2, 0) is 9.84 Å². The maximum Gasteiger partial charge on any atom is 0.150 e. The lowest BCUT2D eigenvalue weighted by Crippen LogP contribution is -2.26. The Balaban J connectivity index is 2.47. The molecule has 3 nitrogen and oxygen atoms in total. The molecule has 0 radical (unpaired) electrons. The van der Waals surface area contributed by atoms with E-state index in [4.69, 9.17) is 5.73 Å². The molecular weight excluding hydrogens is 162 g/mol. The van der Waals surface area contributed by atoms with Crippen molar-refractivity contribution in [3.8, 4) is 0 Å². The first-order chi connectivity index (χ1) is 5.14. The van der Waals surface area contributed by atoms with E-state index in [1.54, 1.807) is 0 Å². The number of sulfone groups is 1. The standard InChI is InChI=1S/C7H15NO2S/c8-4-3-7-2-1-5-11(9,10)6-7/h7H,1-6,8H2. The highest BCUT2D eigenvalue weighted by molar-refractivity contribution is 7.91. The van der Waals surface area contributed by atoms with Crippen molar-refractivity contribution in [2.75, 3.05) is 18.1 Å². The lowest BCUT2D eigenvalue weighted by Gasteiger charge is -2.20. The van der Waals surface area contributed by atoms with Crippen molar-refractivity contribution in [1.29, 1.82) is 0 Å². The maximum atomic E-state index is 11.1. The minimum atomic E-state index is -2.71. The summed E-state index contributed by atoms with van der Waals surface area (Å²) in [5, 5.41) is 0. The predicted octanol–water partition coefficient (Wildman–Crippen LogP) is 0.160. The van der Waals surface area contributed by atoms with Gasteiger partial charge in [-0.15, -0.1) is 0 Å². The van der Waals surface area contributed by atoms with E-state index in [9.17, 15) is 8.42 Å². The molecule has 66 valence electrons. The van der Waals surface area contributed by atoms with Crippen LogP contribution in [0.3, 0.4) is 0 Å². The van der Waals surface area contributed by atoms with Crippen molar-refractivity contribution in [2.24, 2.45) is 11.7 Å². The molecule has 1 fully saturated rings. The highest BCUT2D eigenvalue weighted by Crippen LogP contribution is 2.20. The summed E-state index contributed by atoms with van der Waals surface area (Å²) >= 11 is 0. The molecule has 1 aliphatic heterocycles. The molecular formula is C7H15NO2S. The summed E-state index contributed by atoms with van der Waals surface area (Å²) in [4.78, 5) is 0. The number of hydrogen-bond donors (Lipinski definition) is 1. The second kappa shape index (κ2) is 3.54. The third-order valence-corrected chi connectivity index (χ3v) is 4.02. The van der Waals surface area contributed by atoms with Gasteiger partial charge in [0.25, 0.3) is 0 Å². The number of hydrogen-bond acceptors (Lipinski definition) is 3. The number of rotatable bonds is 2. The third kappa shape index (κ3) is 2.79. The lowest BCUT2D eigenvalue weighted by molar-refractivity contribution is 0.463. The van der Waals surface area contributed by atoms with Crippen LogP contribution in [0.4, 0.5) is 0 Å². The van der Waals surface area contributed by atoms with Crippen LogP contribution >= 0.6 is 0 Å². The molecule has 0 bridgehead atoms. The highest BCUT2D eigenvalue weighted by Gasteiger charge is 2.23. The van der Waals surface area contributed by atoms with E-state index >= 15 is 0 Å². The molecule has 4 heteroatoms. The largest absolute Gasteiger partial charge is 0.330 e. The van der Waals surface area contributed by atoms with E-state index in [1.165, 1.54) is 0 Å². The smallest absolute Gasteiger partial charge is 0.150 e. The molecule has 1 unspecified atom stereocenters. The Labute approximate surface area is 67.9 Å². The molecule has 0 aliphatic carbocycles. The Morgan fingerprint density at radius 1 is 1.45 bits per heavy atom. The van der Waals surface area contributed by atoms with Crippen LogP contribution in [0.2, 0.25) is 0 Å². The Morgan fingerprint density at radius 3 is 2.73 bits per heavy atom. The predicted molar refractivity (Wildman–Crippen MR) is 45.0 cm³/mol. The zero-order chi connectivity index (χ0) is 8.32. The molecule has 1 saturated heterocycles. The Kier molecular flexibility index (Phi) is 2.90. The molecule has 0 aromatic heterocycles. The van der Waals surface area contributed by atoms with Crippen LogP contribution in [0.5, 0.6) is 0 Å². The summed E-state index contributed by atoms with van der Waals surface area (Å²) in [6, 6.07) is 0. The summed E-state index contributed by atoms with van der Waals surface area (Å²) < 4.78 is 22.2. The molecule has 1 heterocycles. The molecule has 0 spiro atoms.